The molecule has 6 aromatic rings. The van der Waals surface area contributed by atoms with Gasteiger partial charge in [-0.05, 0) is 22.4 Å². The van der Waals surface area contributed by atoms with Crippen LogP contribution < -0.4 is 0 Å². The van der Waals surface area contributed by atoms with Gasteiger partial charge in [0, 0.05) is 27.5 Å². The van der Waals surface area contributed by atoms with Crippen LogP contribution in [0.5, 0.6) is 0 Å². The maximum atomic E-state index is 6.65. The molecule has 0 spiro atoms. The van der Waals surface area contributed by atoms with Crippen LogP contribution in [0.3, 0.4) is 0 Å². The van der Waals surface area contributed by atoms with E-state index in [1.54, 1.807) is 0 Å². The molecule has 1 nitrogen and oxygen atoms in total. The SMILES string of the molecule is c1ccc(-c2c(-c3oc(-c4ccccc4)c4ccccc34)ccc3ccccc23)cc1. The first kappa shape index (κ1) is 17.7. The zero-order chi connectivity index (χ0) is 20.6. The highest BCUT2D eigenvalue weighted by molar-refractivity contribution is 6.09. The van der Waals surface area contributed by atoms with Gasteiger partial charge in [-0.25, -0.2) is 0 Å². The Balaban J connectivity index is 1.71. The van der Waals surface area contributed by atoms with Gasteiger partial charge in [0.25, 0.3) is 0 Å². The highest BCUT2D eigenvalue weighted by Crippen LogP contribution is 2.44. The molecule has 5 aromatic carbocycles. The van der Waals surface area contributed by atoms with Gasteiger partial charge in [0.1, 0.15) is 11.5 Å². The topological polar surface area (TPSA) is 13.1 Å². The molecule has 0 aliphatic carbocycles. The number of hydrogen-bond acceptors (Lipinski definition) is 1. The van der Waals surface area contributed by atoms with Gasteiger partial charge in [0.15, 0.2) is 0 Å². The van der Waals surface area contributed by atoms with Gasteiger partial charge >= 0.3 is 0 Å². The van der Waals surface area contributed by atoms with E-state index in [4.69, 9.17) is 4.42 Å². The predicted molar refractivity (Wildman–Crippen MR) is 130 cm³/mol. The van der Waals surface area contributed by atoms with Gasteiger partial charge in [-0.15, -0.1) is 0 Å². The minimum Gasteiger partial charge on any atom is -0.455 e. The third-order valence-corrected chi connectivity index (χ3v) is 5.89. The quantitative estimate of drug-likeness (QED) is 0.292. The zero-order valence-corrected chi connectivity index (χ0v) is 17.0. The number of hydrogen-bond donors (Lipinski definition) is 0. The molecule has 0 fully saturated rings. The van der Waals surface area contributed by atoms with E-state index in [1.165, 1.54) is 21.9 Å². The third-order valence-electron chi connectivity index (χ3n) is 5.89. The number of furan rings is 1. The Morgan fingerprint density at radius 3 is 1.65 bits per heavy atom. The Morgan fingerprint density at radius 2 is 0.935 bits per heavy atom. The van der Waals surface area contributed by atoms with Gasteiger partial charge in [-0.1, -0.05) is 115 Å². The van der Waals surface area contributed by atoms with E-state index in [2.05, 4.69) is 115 Å². The summed E-state index contributed by atoms with van der Waals surface area (Å²) < 4.78 is 6.65. The lowest BCUT2D eigenvalue weighted by molar-refractivity contribution is 0.602. The molecule has 146 valence electrons. The summed E-state index contributed by atoms with van der Waals surface area (Å²) in [5.74, 6) is 1.83. The smallest absolute Gasteiger partial charge is 0.143 e. The summed E-state index contributed by atoms with van der Waals surface area (Å²) in [4.78, 5) is 0. The monoisotopic (exact) mass is 396 g/mol. The highest BCUT2D eigenvalue weighted by Gasteiger charge is 2.20. The normalized spacial score (nSPS) is 11.2. The largest absolute Gasteiger partial charge is 0.455 e. The van der Waals surface area contributed by atoms with Crippen molar-refractivity contribution in [1.29, 1.82) is 0 Å². The fourth-order valence-corrected chi connectivity index (χ4v) is 4.47. The molecule has 0 N–H and O–H groups in total. The predicted octanol–water partition coefficient (Wildman–Crippen LogP) is 8.59. The summed E-state index contributed by atoms with van der Waals surface area (Å²) in [6.45, 7) is 0. The summed E-state index contributed by atoms with van der Waals surface area (Å²) in [5.41, 5.74) is 4.60. The second-order valence-electron chi connectivity index (χ2n) is 7.75. The van der Waals surface area contributed by atoms with Gasteiger partial charge in [-0.2, -0.15) is 0 Å². The van der Waals surface area contributed by atoms with E-state index in [9.17, 15) is 0 Å². The highest BCUT2D eigenvalue weighted by atomic mass is 16.3. The summed E-state index contributed by atoms with van der Waals surface area (Å²) in [5, 5.41) is 4.72. The van der Waals surface area contributed by atoms with Crippen molar-refractivity contribution in [2.24, 2.45) is 0 Å². The molecule has 6 rings (SSSR count). The third kappa shape index (κ3) is 2.94. The van der Waals surface area contributed by atoms with Crippen molar-refractivity contribution < 1.29 is 4.42 Å². The standard InChI is InChI=1S/C30H20O/c1-3-12-22(13-4-1)28-24-16-8-7-11-21(24)19-20-27(28)30-26-18-10-9-17-25(26)29(31-30)23-14-5-2-6-15-23/h1-20H. The molecule has 0 aliphatic rings. The molecule has 0 saturated heterocycles. The second-order valence-corrected chi connectivity index (χ2v) is 7.75. The number of benzene rings is 5. The summed E-state index contributed by atoms with van der Waals surface area (Å²) in [6, 6.07) is 42.4. The first-order chi connectivity index (χ1) is 15.4. The summed E-state index contributed by atoms with van der Waals surface area (Å²) in [7, 11) is 0. The minimum absolute atomic E-state index is 0.915. The Kier molecular flexibility index (Phi) is 4.18. The Bertz CT molecular complexity index is 1510. The van der Waals surface area contributed by atoms with E-state index in [0.29, 0.717) is 0 Å². The van der Waals surface area contributed by atoms with Gasteiger partial charge in [0.05, 0.1) is 0 Å². The number of rotatable bonds is 3. The molecule has 1 heterocycles. The molecule has 31 heavy (non-hydrogen) atoms. The van der Waals surface area contributed by atoms with Crippen molar-refractivity contribution in [2.45, 2.75) is 0 Å². The van der Waals surface area contributed by atoms with E-state index in [1.807, 2.05) is 6.07 Å². The molecule has 1 heteroatoms. The first-order valence-corrected chi connectivity index (χ1v) is 10.5. The van der Waals surface area contributed by atoms with Crippen LogP contribution in [-0.2, 0) is 0 Å². The van der Waals surface area contributed by atoms with Crippen LogP contribution in [0.15, 0.2) is 126 Å². The second kappa shape index (κ2) is 7.30. The summed E-state index contributed by atoms with van der Waals surface area (Å²) >= 11 is 0. The van der Waals surface area contributed by atoms with Crippen LogP contribution in [-0.4, -0.2) is 0 Å². The van der Waals surface area contributed by atoms with E-state index in [0.717, 1.165) is 33.4 Å². The lowest BCUT2D eigenvalue weighted by Crippen LogP contribution is -1.87. The first-order valence-electron chi connectivity index (χ1n) is 10.5. The van der Waals surface area contributed by atoms with E-state index < -0.39 is 0 Å². The van der Waals surface area contributed by atoms with Gasteiger partial charge < -0.3 is 4.42 Å². The fourth-order valence-electron chi connectivity index (χ4n) is 4.47. The lowest BCUT2D eigenvalue weighted by atomic mass is 9.91. The Morgan fingerprint density at radius 1 is 0.387 bits per heavy atom. The van der Waals surface area contributed by atoms with Crippen LogP contribution in [0.4, 0.5) is 0 Å². The fraction of sp³-hybridized carbons (Fsp3) is 0. The average molecular weight is 396 g/mol. The average Bonchev–Trinajstić information content (AvgIpc) is 3.24. The lowest BCUT2D eigenvalue weighted by Gasteiger charge is -2.13. The molecule has 0 unspecified atom stereocenters. The minimum atomic E-state index is 0.915. The van der Waals surface area contributed by atoms with Crippen LogP contribution in [0.1, 0.15) is 0 Å². The maximum absolute atomic E-state index is 6.65. The van der Waals surface area contributed by atoms with Crippen LogP contribution in [0, 0.1) is 0 Å². The van der Waals surface area contributed by atoms with Crippen molar-refractivity contribution in [1.82, 2.24) is 0 Å². The van der Waals surface area contributed by atoms with E-state index in [-0.39, 0.29) is 0 Å². The molecular weight excluding hydrogens is 376 g/mol. The van der Waals surface area contributed by atoms with Crippen molar-refractivity contribution >= 4 is 21.5 Å². The molecule has 0 saturated carbocycles. The molecule has 1 aromatic heterocycles. The molecule has 0 bridgehead atoms. The van der Waals surface area contributed by atoms with Crippen LogP contribution in [0.25, 0.3) is 55.3 Å². The van der Waals surface area contributed by atoms with Gasteiger partial charge in [-0.3, -0.25) is 0 Å². The van der Waals surface area contributed by atoms with Crippen molar-refractivity contribution in [3.63, 3.8) is 0 Å². The Hall–Kier alpha value is -4.10. The van der Waals surface area contributed by atoms with Gasteiger partial charge in [0.2, 0.25) is 0 Å². The van der Waals surface area contributed by atoms with Crippen molar-refractivity contribution in [2.75, 3.05) is 0 Å². The maximum Gasteiger partial charge on any atom is 0.143 e. The molecule has 0 radical (unpaired) electrons. The number of fused-ring (bicyclic) bond motifs is 2. The van der Waals surface area contributed by atoms with E-state index >= 15 is 0 Å². The Labute approximate surface area is 181 Å². The van der Waals surface area contributed by atoms with Crippen LogP contribution in [0.2, 0.25) is 0 Å². The molecule has 0 amide bonds. The van der Waals surface area contributed by atoms with Crippen molar-refractivity contribution in [3.8, 4) is 33.8 Å². The van der Waals surface area contributed by atoms with Crippen molar-refractivity contribution in [3.05, 3.63) is 121 Å². The summed E-state index contributed by atoms with van der Waals surface area (Å²) in [6.07, 6.45) is 0. The molecular formula is C30H20O. The zero-order valence-electron chi connectivity index (χ0n) is 17.0. The molecule has 0 atom stereocenters. The molecule has 0 aliphatic heterocycles. The van der Waals surface area contributed by atoms with Crippen LogP contribution >= 0.6 is 0 Å².